The van der Waals surface area contributed by atoms with Gasteiger partial charge in [0, 0.05) is 5.75 Å². The van der Waals surface area contributed by atoms with Crippen LogP contribution in [-0.4, -0.2) is 28.9 Å². The SMILES string of the molecule is CC(OC(=O)CCS)C(=O)O. The molecular formula is C6H10O4S. The van der Waals surface area contributed by atoms with Gasteiger partial charge in [-0.3, -0.25) is 4.79 Å². The van der Waals surface area contributed by atoms with Crippen LogP contribution in [0.2, 0.25) is 0 Å². The van der Waals surface area contributed by atoms with E-state index in [0.29, 0.717) is 5.75 Å². The lowest BCUT2D eigenvalue weighted by atomic mass is 10.4. The van der Waals surface area contributed by atoms with Crippen LogP contribution in [0, 0.1) is 0 Å². The van der Waals surface area contributed by atoms with Gasteiger partial charge < -0.3 is 9.84 Å². The number of carboxylic acids is 1. The Kier molecular flexibility index (Phi) is 4.69. The first-order valence-electron chi connectivity index (χ1n) is 3.11. The summed E-state index contributed by atoms with van der Waals surface area (Å²) >= 11 is 3.79. The van der Waals surface area contributed by atoms with Gasteiger partial charge in [0.25, 0.3) is 0 Å². The minimum absolute atomic E-state index is 0.140. The molecule has 11 heavy (non-hydrogen) atoms. The van der Waals surface area contributed by atoms with Crippen LogP contribution in [-0.2, 0) is 14.3 Å². The second kappa shape index (κ2) is 5.01. The van der Waals surface area contributed by atoms with E-state index in [0.717, 1.165) is 0 Å². The highest BCUT2D eigenvalue weighted by molar-refractivity contribution is 7.80. The fraction of sp³-hybridized carbons (Fsp3) is 0.667. The van der Waals surface area contributed by atoms with Gasteiger partial charge in [-0.1, -0.05) is 0 Å². The molecular weight excluding hydrogens is 168 g/mol. The number of thiol groups is 1. The summed E-state index contributed by atoms with van der Waals surface area (Å²) in [6.07, 6.45) is -0.928. The molecule has 0 fully saturated rings. The molecule has 0 saturated heterocycles. The van der Waals surface area contributed by atoms with Crippen molar-refractivity contribution in [2.75, 3.05) is 5.75 Å². The standard InChI is InChI=1S/C6H10O4S/c1-4(6(8)9)10-5(7)2-3-11/h4,11H,2-3H2,1H3,(H,8,9). The average Bonchev–Trinajstić information content (AvgIpc) is 1.87. The van der Waals surface area contributed by atoms with Crippen LogP contribution in [0.1, 0.15) is 13.3 Å². The number of carbonyl (C=O) groups is 2. The molecule has 5 heteroatoms. The molecule has 1 unspecified atom stereocenters. The van der Waals surface area contributed by atoms with E-state index < -0.39 is 18.0 Å². The smallest absolute Gasteiger partial charge is 0.344 e. The van der Waals surface area contributed by atoms with E-state index in [2.05, 4.69) is 17.4 Å². The number of hydrogen-bond donors (Lipinski definition) is 2. The summed E-state index contributed by atoms with van der Waals surface area (Å²) in [5, 5.41) is 8.30. The fourth-order valence-corrected chi connectivity index (χ4v) is 0.580. The third kappa shape index (κ3) is 4.66. The maximum Gasteiger partial charge on any atom is 0.344 e. The number of aliphatic carboxylic acids is 1. The molecule has 0 radical (unpaired) electrons. The Labute approximate surface area is 69.9 Å². The molecule has 0 rings (SSSR count). The summed E-state index contributed by atoms with van der Waals surface area (Å²) in [5.74, 6) is -1.31. The molecule has 1 N–H and O–H groups in total. The van der Waals surface area contributed by atoms with Gasteiger partial charge in [-0.25, -0.2) is 4.79 Å². The Hall–Kier alpha value is -0.710. The lowest BCUT2D eigenvalue weighted by molar-refractivity contribution is -0.162. The van der Waals surface area contributed by atoms with Gasteiger partial charge in [0.2, 0.25) is 0 Å². The van der Waals surface area contributed by atoms with Crippen molar-refractivity contribution in [1.29, 1.82) is 0 Å². The van der Waals surface area contributed by atoms with E-state index in [9.17, 15) is 9.59 Å². The second-order valence-electron chi connectivity index (χ2n) is 1.94. The summed E-state index contributed by atoms with van der Waals surface area (Å²) in [4.78, 5) is 20.8. The predicted molar refractivity (Wildman–Crippen MR) is 41.7 cm³/mol. The lowest BCUT2D eigenvalue weighted by Crippen LogP contribution is -2.23. The summed E-state index contributed by atoms with van der Waals surface area (Å²) in [7, 11) is 0. The molecule has 0 aromatic heterocycles. The Morgan fingerprint density at radius 2 is 2.18 bits per heavy atom. The Morgan fingerprint density at radius 1 is 1.64 bits per heavy atom. The summed E-state index contributed by atoms with van der Waals surface area (Å²) < 4.78 is 4.46. The van der Waals surface area contributed by atoms with Crippen molar-refractivity contribution in [3.8, 4) is 0 Å². The molecule has 0 aromatic carbocycles. The molecule has 0 heterocycles. The molecule has 0 aliphatic heterocycles. The van der Waals surface area contributed by atoms with Crippen molar-refractivity contribution in [1.82, 2.24) is 0 Å². The van der Waals surface area contributed by atoms with Crippen LogP contribution in [0.25, 0.3) is 0 Å². The van der Waals surface area contributed by atoms with E-state index in [-0.39, 0.29) is 6.42 Å². The van der Waals surface area contributed by atoms with E-state index in [1.165, 1.54) is 6.92 Å². The monoisotopic (exact) mass is 178 g/mol. The number of carboxylic acid groups (broad SMARTS) is 1. The molecule has 1 atom stereocenters. The molecule has 0 bridgehead atoms. The highest BCUT2D eigenvalue weighted by atomic mass is 32.1. The molecule has 0 aliphatic rings. The average molecular weight is 178 g/mol. The topological polar surface area (TPSA) is 63.6 Å². The van der Waals surface area contributed by atoms with E-state index in [4.69, 9.17) is 5.11 Å². The molecule has 0 spiro atoms. The third-order valence-corrected chi connectivity index (χ3v) is 1.20. The molecule has 4 nitrogen and oxygen atoms in total. The first kappa shape index (κ1) is 10.3. The van der Waals surface area contributed by atoms with Crippen LogP contribution in [0.5, 0.6) is 0 Å². The molecule has 0 aromatic rings. The van der Waals surface area contributed by atoms with Crippen LogP contribution < -0.4 is 0 Å². The van der Waals surface area contributed by atoms with Crippen LogP contribution in [0.15, 0.2) is 0 Å². The third-order valence-electron chi connectivity index (χ3n) is 0.972. The Morgan fingerprint density at radius 3 is 2.55 bits per heavy atom. The molecule has 0 saturated carbocycles. The summed E-state index contributed by atoms with van der Waals surface area (Å²) in [5.41, 5.74) is 0. The van der Waals surface area contributed by atoms with Gasteiger partial charge >= 0.3 is 11.9 Å². The number of ether oxygens (including phenoxy) is 1. The zero-order valence-corrected chi connectivity index (χ0v) is 7.01. The minimum atomic E-state index is -1.14. The Bertz CT molecular complexity index is 157. The normalized spacial score (nSPS) is 12.2. The van der Waals surface area contributed by atoms with E-state index >= 15 is 0 Å². The minimum Gasteiger partial charge on any atom is -0.479 e. The van der Waals surface area contributed by atoms with Gasteiger partial charge in [-0.15, -0.1) is 0 Å². The number of rotatable bonds is 4. The largest absolute Gasteiger partial charge is 0.479 e. The zero-order chi connectivity index (χ0) is 8.85. The second-order valence-corrected chi connectivity index (χ2v) is 2.39. The fourth-order valence-electron chi connectivity index (χ4n) is 0.398. The van der Waals surface area contributed by atoms with Crippen LogP contribution in [0.3, 0.4) is 0 Å². The Balaban J connectivity index is 3.66. The predicted octanol–water partition coefficient (Wildman–Crippen LogP) is 0.323. The van der Waals surface area contributed by atoms with Crippen LogP contribution >= 0.6 is 12.6 Å². The summed E-state index contributed by atoms with van der Waals surface area (Å²) in [6, 6.07) is 0. The van der Waals surface area contributed by atoms with Crippen molar-refractivity contribution < 1.29 is 19.4 Å². The molecule has 0 amide bonds. The molecule has 64 valence electrons. The van der Waals surface area contributed by atoms with Crippen molar-refractivity contribution in [3.05, 3.63) is 0 Å². The van der Waals surface area contributed by atoms with Gasteiger partial charge in [-0.2, -0.15) is 12.6 Å². The first-order valence-corrected chi connectivity index (χ1v) is 3.74. The van der Waals surface area contributed by atoms with Crippen LogP contribution in [0.4, 0.5) is 0 Å². The van der Waals surface area contributed by atoms with Crippen molar-refractivity contribution in [2.45, 2.75) is 19.4 Å². The number of carbonyl (C=O) groups excluding carboxylic acids is 1. The van der Waals surface area contributed by atoms with Gasteiger partial charge in [0.05, 0.1) is 6.42 Å². The number of esters is 1. The maximum absolute atomic E-state index is 10.6. The lowest BCUT2D eigenvalue weighted by Gasteiger charge is -2.06. The highest BCUT2D eigenvalue weighted by Crippen LogP contribution is 1.95. The van der Waals surface area contributed by atoms with Gasteiger partial charge in [0.15, 0.2) is 6.10 Å². The quantitative estimate of drug-likeness (QED) is 0.481. The van der Waals surface area contributed by atoms with Crippen molar-refractivity contribution in [3.63, 3.8) is 0 Å². The maximum atomic E-state index is 10.6. The number of hydrogen-bond acceptors (Lipinski definition) is 4. The van der Waals surface area contributed by atoms with Crippen molar-refractivity contribution in [2.24, 2.45) is 0 Å². The highest BCUT2D eigenvalue weighted by Gasteiger charge is 2.14. The van der Waals surface area contributed by atoms with Gasteiger partial charge in [0.1, 0.15) is 0 Å². The zero-order valence-electron chi connectivity index (χ0n) is 6.11. The van der Waals surface area contributed by atoms with E-state index in [1.807, 2.05) is 0 Å². The molecule has 0 aliphatic carbocycles. The first-order chi connectivity index (χ1) is 5.07. The van der Waals surface area contributed by atoms with Gasteiger partial charge in [-0.05, 0) is 6.92 Å². The van der Waals surface area contributed by atoms with E-state index in [1.54, 1.807) is 0 Å². The summed E-state index contributed by atoms with van der Waals surface area (Å²) in [6.45, 7) is 1.30. The van der Waals surface area contributed by atoms with Crippen molar-refractivity contribution >= 4 is 24.6 Å².